The molecule has 3 rings (SSSR count). The number of rotatable bonds is 5. The summed E-state index contributed by atoms with van der Waals surface area (Å²) in [7, 11) is -4.06. The van der Waals surface area contributed by atoms with E-state index >= 15 is 0 Å². The molecule has 0 saturated carbocycles. The standard InChI is InChI=1S/C18H19F2N3O3S/c19-15-9-8-14(11-16(15)20)27(25,26)23-13-6-4-12(5-7-13)22-18(24)17-3-1-2-10-21-17/h4-9,11,17,21,23H,1-3,10H2,(H,22,24). The largest absolute Gasteiger partial charge is 0.325 e. The highest BCUT2D eigenvalue weighted by Gasteiger charge is 2.20. The molecule has 6 nitrogen and oxygen atoms in total. The maximum Gasteiger partial charge on any atom is 0.261 e. The van der Waals surface area contributed by atoms with Crippen molar-refractivity contribution >= 4 is 27.3 Å². The Morgan fingerprint density at radius 2 is 1.70 bits per heavy atom. The van der Waals surface area contributed by atoms with Gasteiger partial charge in [-0.1, -0.05) is 6.42 Å². The van der Waals surface area contributed by atoms with E-state index in [0.717, 1.165) is 37.9 Å². The average Bonchev–Trinajstić information content (AvgIpc) is 2.66. The molecule has 1 heterocycles. The van der Waals surface area contributed by atoms with Crippen LogP contribution in [0.25, 0.3) is 0 Å². The van der Waals surface area contributed by atoms with Crippen LogP contribution in [0.5, 0.6) is 0 Å². The van der Waals surface area contributed by atoms with E-state index in [0.29, 0.717) is 11.8 Å². The van der Waals surface area contributed by atoms with Gasteiger partial charge in [0.05, 0.1) is 10.9 Å². The Morgan fingerprint density at radius 1 is 1.00 bits per heavy atom. The SMILES string of the molecule is O=C(Nc1ccc(NS(=O)(=O)c2ccc(F)c(F)c2)cc1)C1CCCCN1. The maximum absolute atomic E-state index is 13.3. The molecule has 27 heavy (non-hydrogen) atoms. The molecule has 0 radical (unpaired) electrons. The van der Waals surface area contributed by atoms with Gasteiger partial charge >= 0.3 is 0 Å². The van der Waals surface area contributed by atoms with E-state index in [1.54, 1.807) is 12.1 Å². The number of piperidine rings is 1. The van der Waals surface area contributed by atoms with E-state index in [4.69, 9.17) is 0 Å². The Morgan fingerprint density at radius 3 is 2.33 bits per heavy atom. The van der Waals surface area contributed by atoms with Gasteiger partial charge in [0.25, 0.3) is 10.0 Å². The smallest absolute Gasteiger partial charge is 0.261 e. The van der Waals surface area contributed by atoms with Gasteiger partial charge in [-0.15, -0.1) is 0 Å². The molecule has 2 aromatic carbocycles. The first kappa shape index (κ1) is 19.2. The lowest BCUT2D eigenvalue weighted by molar-refractivity contribution is -0.118. The Hall–Kier alpha value is -2.52. The van der Waals surface area contributed by atoms with Crippen LogP contribution in [0.4, 0.5) is 20.2 Å². The number of hydrogen-bond donors (Lipinski definition) is 3. The summed E-state index contributed by atoms with van der Waals surface area (Å²) in [6.07, 6.45) is 2.82. The normalized spacial score (nSPS) is 17.3. The molecule has 9 heteroatoms. The summed E-state index contributed by atoms with van der Waals surface area (Å²) in [5.41, 5.74) is 0.761. The third kappa shape index (κ3) is 4.81. The molecule has 144 valence electrons. The fourth-order valence-electron chi connectivity index (χ4n) is 2.78. The molecule has 0 aromatic heterocycles. The summed E-state index contributed by atoms with van der Waals surface area (Å²) in [5.74, 6) is -2.50. The van der Waals surface area contributed by atoms with E-state index in [2.05, 4.69) is 15.4 Å². The van der Waals surface area contributed by atoms with E-state index in [1.165, 1.54) is 12.1 Å². The summed E-state index contributed by atoms with van der Waals surface area (Å²) in [6, 6.07) is 8.18. The molecule has 2 aromatic rings. The number of amides is 1. The van der Waals surface area contributed by atoms with Crippen molar-refractivity contribution in [2.24, 2.45) is 0 Å². The lowest BCUT2D eigenvalue weighted by atomic mass is 10.0. The highest BCUT2D eigenvalue weighted by molar-refractivity contribution is 7.92. The van der Waals surface area contributed by atoms with Crippen LogP contribution < -0.4 is 15.4 Å². The first-order valence-electron chi connectivity index (χ1n) is 8.47. The Bertz CT molecular complexity index is 927. The van der Waals surface area contributed by atoms with Crippen LogP contribution in [0.2, 0.25) is 0 Å². The van der Waals surface area contributed by atoms with Gasteiger partial charge in [-0.25, -0.2) is 17.2 Å². The summed E-state index contributed by atoms with van der Waals surface area (Å²) in [4.78, 5) is 11.8. The lowest BCUT2D eigenvalue weighted by Gasteiger charge is -2.22. The van der Waals surface area contributed by atoms with Gasteiger partial charge in [0.2, 0.25) is 5.91 Å². The zero-order valence-electron chi connectivity index (χ0n) is 14.3. The van der Waals surface area contributed by atoms with Crippen LogP contribution in [-0.2, 0) is 14.8 Å². The van der Waals surface area contributed by atoms with Crippen LogP contribution in [0, 0.1) is 11.6 Å². The van der Waals surface area contributed by atoms with Gasteiger partial charge in [0.15, 0.2) is 11.6 Å². The molecular weight excluding hydrogens is 376 g/mol. The van der Waals surface area contributed by atoms with Crippen molar-refractivity contribution in [1.82, 2.24) is 5.32 Å². The summed E-state index contributed by atoms with van der Waals surface area (Å²) >= 11 is 0. The van der Waals surface area contributed by atoms with Crippen molar-refractivity contribution in [2.75, 3.05) is 16.6 Å². The van der Waals surface area contributed by atoms with Gasteiger partial charge in [0.1, 0.15) is 0 Å². The van der Waals surface area contributed by atoms with Gasteiger partial charge in [-0.05, 0) is 61.9 Å². The Balaban J connectivity index is 1.66. The second-order valence-corrected chi connectivity index (χ2v) is 7.93. The first-order valence-corrected chi connectivity index (χ1v) is 9.96. The predicted molar refractivity (Wildman–Crippen MR) is 97.9 cm³/mol. The number of nitrogens with one attached hydrogen (secondary N) is 3. The predicted octanol–water partition coefficient (Wildman–Crippen LogP) is 2.85. The van der Waals surface area contributed by atoms with Gasteiger partial charge < -0.3 is 10.6 Å². The van der Waals surface area contributed by atoms with E-state index in [9.17, 15) is 22.0 Å². The molecule has 0 spiro atoms. The van der Waals surface area contributed by atoms with Crippen molar-refractivity contribution in [3.05, 3.63) is 54.1 Å². The minimum atomic E-state index is -4.06. The van der Waals surface area contributed by atoms with Crippen LogP contribution in [0.1, 0.15) is 19.3 Å². The number of sulfonamides is 1. The maximum atomic E-state index is 13.3. The van der Waals surface area contributed by atoms with E-state index < -0.39 is 21.7 Å². The van der Waals surface area contributed by atoms with Crippen molar-refractivity contribution in [3.63, 3.8) is 0 Å². The number of benzene rings is 2. The topological polar surface area (TPSA) is 87.3 Å². The van der Waals surface area contributed by atoms with Crippen LogP contribution >= 0.6 is 0 Å². The molecule has 1 aliphatic heterocycles. The fraction of sp³-hybridized carbons (Fsp3) is 0.278. The minimum absolute atomic E-state index is 0.134. The minimum Gasteiger partial charge on any atom is -0.325 e. The van der Waals surface area contributed by atoms with Crippen LogP contribution in [0.15, 0.2) is 47.4 Å². The molecule has 3 N–H and O–H groups in total. The molecule has 1 unspecified atom stereocenters. The number of anilines is 2. The van der Waals surface area contributed by atoms with E-state index in [1.807, 2.05) is 0 Å². The molecule has 1 fully saturated rings. The average molecular weight is 395 g/mol. The summed E-state index contributed by atoms with van der Waals surface area (Å²) in [6.45, 7) is 0.808. The zero-order chi connectivity index (χ0) is 19.4. The highest BCUT2D eigenvalue weighted by atomic mass is 32.2. The van der Waals surface area contributed by atoms with Crippen molar-refractivity contribution < 1.29 is 22.0 Å². The van der Waals surface area contributed by atoms with Crippen molar-refractivity contribution in [3.8, 4) is 0 Å². The Labute approximate surface area is 156 Å². The monoisotopic (exact) mass is 395 g/mol. The van der Waals surface area contributed by atoms with Crippen LogP contribution in [0.3, 0.4) is 0 Å². The quantitative estimate of drug-likeness (QED) is 0.727. The molecule has 0 bridgehead atoms. The second kappa shape index (κ2) is 8.01. The molecule has 1 amide bonds. The van der Waals surface area contributed by atoms with E-state index in [-0.39, 0.29) is 22.5 Å². The number of carbonyl (C=O) groups excluding carboxylic acids is 1. The highest BCUT2D eigenvalue weighted by Crippen LogP contribution is 2.20. The summed E-state index contributed by atoms with van der Waals surface area (Å²) in [5, 5.41) is 5.92. The van der Waals surface area contributed by atoms with Gasteiger partial charge in [0, 0.05) is 11.4 Å². The molecule has 1 atom stereocenters. The Kier molecular flexibility index (Phi) is 5.71. The third-order valence-corrected chi connectivity index (χ3v) is 5.61. The number of halogens is 2. The number of carbonyl (C=O) groups is 1. The van der Waals surface area contributed by atoms with Gasteiger partial charge in [-0.3, -0.25) is 9.52 Å². The zero-order valence-corrected chi connectivity index (χ0v) is 15.2. The second-order valence-electron chi connectivity index (χ2n) is 6.25. The summed E-state index contributed by atoms with van der Waals surface area (Å²) < 4.78 is 53.0. The fourth-order valence-corrected chi connectivity index (χ4v) is 3.85. The molecular formula is C18H19F2N3O3S. The van der Waals surface area contributed by atoms with Crippen LogP contribution in [-0.4, -0.2) is 26.9 Å². The van der Waals surface area contributed by atoms with Gasteiger partial charge in [-0.2, -0.15) is 0 Å². The van der Waals surface area contributed by atoms with Crippen molar-refractivity contribution in [2.45, 2.75) is 30.2 Å². The number of hydrogen-bond acceptors (Lipinski definition) is 4. The van der Waals surface area contributed by atoms with Crippen molar-refractivity contribution in [1.29, 1.82) is 0 Å². The molecule has 1 aliphatic rings. The molecule has 1 saturated heterocycles. The third-order valence-electron chi connectivity index (χ3n) is 4.23. The molecule has 0 aliphatic carbocycles. The lowest BCUT2D eigenvalue weighted by Crippen LogP contribution is -2.43. The first-order chi connectivity index (χ1) is 12.8.